The Hall–Kier alpha value is -2.93. The van der Waals surface area contributed by atoms with Gasteiger partial charge in [0.1, 0.15) is 0 Å². The van der Waals surface area contributed by atoms with Crippen molar-refractivity contribution in [1.82, 2.24) is 10.2 Å². The highest BCUT2D eigenvalue weighted by atomic mass is 35.5. The fraction of sp³-hybridized carbons (Fsp3) is 0.0870. The first kappa shape index (κ1) is 22.7. The van der Waals surface area contributed by atoms with Gasteiger partial charge in [0.15, 0.2) is 5.11 Å². The van der Waals surface area contributed by atoms with Crippen LogP contribution in [0.5, 0.6) is 0 Å². The van der Waals surface area contributed by atoms with E-state index in [-0.39, 0.29) is 16.6 Å². The van der Waals surface area contributed by atoms with Gasteiger partial charge >= 0.3 is 0 Å². The van der Waals surface area contributed by atoms with Crippen molar-refractivity contribution in [3.63, 3.8) is 0 Å². The number of hydrogen-bond donors (Lipinski definition) is 2. The summed E-state index contributed by atoms with van der Waals surface area (Å²) in [5, 5.41) is 6.28. The molecule has 2 amide bonds. The average Bonchev–Trinajstić information content (AvgIpc) is 2.73. The largest absolute Gasteiger partial charge is 0.337 e. The summed E-state index contributed by atoms with van der Waals surface area (Å²) >= 11 is 17.1. The molecule has 31 heavy (non-hydrogen) atoms. The number of nitrogens with one attached hydrogen (secondary N) is 2. The van der Waals surface area contributed by atoms with Gasteiger partial charge in [0.25, 0.3) is 11.8 Å². The number of carbonyl (C=O) groups excluding carboxylic acids is 2. The van der Waals surface area contributed by atoms with Gasteiger partial charge in [0.2, 0.25) is 0 Å². The number of thiocarbonyl (C=S) groups is 1. The fourth-order valence-electron chi connectivity index (χ4n) is 2.90. The van der Waals surface area contributed by atoms with E-state index in [2.05, 4.69) is 10.6 Å². The minimum atomic E-state index is -0.447. The third-order valence-corrected chi connectivity index (χ3v) is 4.97. The molecule has 0 aromatic heterocycles. The Morgan fingerprint density at radius 3 is 2.26 bits per heavy atom. The lowest BCUT2D eigenvalue weighted by molar-refractivity contribution is 0.0785. The van der Waals surface area contributed by atoms with Gasteiger partial charge in [0.05, 0.1) is 0 Å². The van der Waals surface area contributed by atoms with Crippen LogP contribution in [-0.4, -0.2) is 28.9 Å². The van der Waals surface area contributed by atoms with Crippen molar-refractivity contribution in [2.45, 2.75) is 6.54 Å². The van der Waals surface area contributed by atoms with E-state index in [1.807, 2.05) is 30.3 Å². The molecule has 0 fully saturated rings. The zero-order valence-corrected chi connectivity index (χ0v) is 18.9. The number of benzene rings is 3. The topological polar surface area (TPSA) is 61.4 Å². The van der Waals surface area contributed by atoms with Gasteiger partial charge in [-0.3, -0.25) is 14.9 Å². The summed E-state index contributed by atoms with van der Waals surface area (Å²) in [7, 11) is 1.75. The maximum Gasteiger partial charge on any atom is 0.257 e. The quantitative estimate of drug-likeness (QED) is 0.489. The van der Waals surface area contributed by atoms with E-state index in [0.29, 0.717) is 27.8 Å². The van der Waals surface area contributed by atoms with Gasteiger partial charge in [-0.25, -0.2) is 0 Å². The second kappa shape index (κ2) is 10.4. The van der Waals surface area contributed by atoms with Gasteiger partial charge in [-0.2, -0.15) is 0 Å². The molecule has 0 spiro atoms. The Morgan fingerprint density at radius 2 is 1.58 bits per heavy atom. The molecule has 5 nitrogen and oxygen atoms in total. The van der Waals surface area contributed by atoms with Crippen LogP contribution in [0.25, 0.3) is 0 Å². The number of hydrogen-bond acceptors (Lipinski definition) is 3. The fourth-order valence-corrected chi connectivity index (χ4v) is 3.64. The molecule has 0 radical (unpaired) electrons. The first-order chi connectivity index (χ1) is 14.8. The van der Waals surface area contributed by atoms with Crippen LogP contribution in [0.15, 0.2) is 72.8 Å². The summed E-state index contributed by atoms with van der Waals surface area (Å²) in [6.45, 7) is 0.494. The van der Waals surface area contributed by atoms with E-state index < -0.39 is 5.91 Å². The van der Waals surface area contributed by atoms with Crippen LogP contribution in [0, 0.1) is 0 Å². The summed E-state index contributed by atoms with van der Waals surface area (Å²) in [6.07, 6.45) is 0. The SMILES string of the molecule is CN(Cc1ccccc1)C(=O)c1cccc(NC(=S)NC(=O)c2cc(Cl)cc(Cl)c2)c1. The highest BCUT2D eigenvalue weighted by Gasteiger charge is 2.14. The number of halogens is 2. The molecule has 0 aliphatic rings. The van der Waals surface area contributed by atoms with Crippen molar-refractivity contribution < 1.29 is 9.59 Å². The predicted molar refractivity (Wildman–Crippen MR) is 129 cm³/mol. The summed E-state index contributed by atoms with van der Waals surface area (Å²) in [5.74, 6) is -0.576. The van der Waals surface area contributed by atoms with E-state index in [4.69, 9.17) is 35.4 Å². The van der Waals surface area contributed by atoms with Crippen LogP contribution in [0.4, 0.5) is 5.69 Å². The molecule has 3 aromatic rings. The maximum atomic E-state index is 12.8. The number of rotatable bonds is 5. The van der Waals surface area contributed by atoms with E-state index in [1.165, 1.54) is 18.2 Å². The molecule has 0 saturated heterocycles. The molecule has 158 valence electrons. The van der Waals surface area contributed by atoms with Crippen LogP contribution in [0.3, 0.4) is 0 Å². The monoisotopic (exact) mass is 471 g/mol. The lowest BCUT2D eigenvalue weighted by Gasteiger charge is -2.18. The van der Waals surface area contributed by atoms with Crippen molar-refractivity contribution in [1.29, 1.82) is 0 Å². The minimum absolute atomic E-state index is 0.0864. The third kappa shape index (κ3) is 6.52. The van der Waals surface area contributed by atoms with Gasteiger partial charge in [-0.15, -0.1) is 0 Å². The van der Waals surface area contributed by atoms with Crippen molar-refractivity contribution in [2.75, 3.05) is 12.4 Å². The molecular weight excluding hydrogens is 453 g/mol. The van der Waals surface area contributed by atoms with E-state index in [0.717, 1.165) is 5.56 Å². The molecule has 0 aliphatic carbocycles. The maximum absolute atomic E-state index is 12.8. The standard InChI is InChI=1S/C23H19Cl2N3O2S/c1-28(14-15-6-3-2-4-7-15)22(30)16-8-5-9-20(12-16)26-23(31)27-21(29)17-10-18(24)13-19(25)11-17/h2-13H,14H2,1H3,(H2,26,27,29,31). The molecule has 0 heterocycles. The Kier molecular flexibility index (Phi) is 7.63. The Bertz CT molecular complexity index is 1100. The van der Waals surface area contributed by atoms with Crippen LogP contribution < -0.4 is 10.6 Å². The second-order valence-corrected chi connectivity index (χ2v) is 8.08. The normalized spacial score (nSPS) is 10.3. The lowest BCUT2D eigenvalue weighted by atomic mass is 10.1. The number of carbonyl (C=O) groups is 2. The Morgan fingerprint density at radius 1 is 0.903 bits per heavy atom. The zero-order valence-electron chi connectivity index (χ0n) is 16.6. The smallest absolute Gasteiger partial charge is 0.257 e. The summed E-state index contributed by atoms with van der Waals surface area (Å²) in [5.41, 5.74) is 2.40. The van der Waals surface area contributed by atoms with Gasteiger partial charge in [-0.05, 0) is 54.2 Å². The van der Waals surface area contributed by atoms with Gasteiger partial charge in [-0.1, -0.05) is 59.6 Å². The van der Waals surface area contributed by atoms with Crippen LogP contribution in [0.2, 0.25) is 10.0 Å². The average molecular weight is 472 g/mol. The molecule has 0 aliphatic heterocycles. The van der Waals surface area contributed by atoms with Crippen molar-refractivity contribution >= 4 is 58.0 Å². The minimum Gasteiger partial charge on any atom is -0.337 e. The molecule has 2 N–H and O–H groups in total. The summed E-state index contributed by atoms with van der Waals surface area (Å²) < 4.78 is 0. The van der Waals surface area contributed by atoms with E-state index in [9.17, 15) is 9.59 Å². The molecule has 0 atom stereocenters. The number of amides is 2. The van der Waals surface area contributed by atoms with Crippen molar-refractivity contribution in [2.24, 2.45) is 0 Å². The van der Waals surface area contributed by atoms with Gasteiger partial charge in [0, 0.05) is 40.5 Å². The number of anilines is 1. The van der Waals surface area contributed by atoms with Crippen LogP contribution in [-0.2, 0) is 6.54 Å². The molecule has 8 heteroatoms. The summed E-state index contributed by atoms with van der Waals surface area (Å²) in [4.78, 5) is 26.8. The Labute approximate surface area is 196 Å². The molecule has 0 bridgehead atoms. The Balaban J connectivity index is 1.63. The molecule has 0 saturated carbocycles. The van der Waals surface area contributed by atoms with Crippen LogP contribution in [0.1, 0.15) is 26.3 Å². The molecule has 3 rings (SSSR count). The molecule has 3 aromatic carbocycles. The van der Waals surface area contributed by atoms with E-state index >= 15 is 0 Å². The first-order valence-corrected chi connectivity index (χ1v) is 10.5. The predicted octanol–water partition coefficient (Wildman–Crippen LogP) is 5.39. The summed E-state index contributed by atoms with van der Waals surface area (Å²) in [6, 6.07) is 21.2. The molecule has 0 unspecified atom stereocenters. The third-order valence-electron chi connectivity index (χ3n) is 4.33. The lowest BCUT2D eigenvalue weighted by Crippen LogP contribution is -2.34. The van der Waals surface area contributed by atoms with Gasteiger partial charge < -0.3 is 10.2 Å². The van der Waals surface area contributed by atoms with Crippen molar-refractivity contribution in [3.05, 3.63) is 99.5 Å². The second-order valence-electron chi connectivity index (χ2n) is 6.79. The highest BCUT2D eigenvalue weighted by molar-refractivity contribution is 7.80. The highest BCUT2D eigenvalue weighted by Crippen LogP contribution is 2.19. The van der Waals surface area contributed by atoms with Crippen LogP contribution >= 0.6 is 35.4 Å². The first-order valence-electron chi connectivity index (χ1n) is 9.30. The van der Waals surface area contributed by atoms with E-state index in [1.54, 1.807) is 36.2 Å². The number of nitrogens with zero attached hydrogens (tertiary/aromatic N) is 1. The zero-order chi connectivity index (χ0) is 22.4. The molecular formula is C23H19Cl2N3O2S. The van der Waals surface area contributed by atoms with Crippen molar-refractivity contribution in [3.8, 4) is 0 Å².